The summed E-state index contributed by atoms with van der Waals surface area (Å²) in [6.45, 7) is 2.68. The number of fused-ring (bicyclic) bond motifs is 1. The highest BCUT2D eigenvalue weighted by molar-refractivity contribution is 9.10. The summed E-state index contributed by atoms with van der Waals surface area (Å²) in [5, 5.41) is 5.12. The molecule has 4 heteroatoms. The van der Waals surface area contributed by atoms with E-state index < -0.39 is 0 Å². The molecule has 0 aliphatic heterocycles. The molecule has 0 heterocycles. The number of ether oxygens (including phenoxy) is 1. The number of hydrogen-bond acceptors (Lipinski definition) is 2. The van der Waals surface area contributed by atoms with Gasteiger partial charge >= 0.3 is 0 Å². The maximum atomic E-state index is 12.1. The fourth-order valence-corrected chi connectivity index (χ4v) is 3.29. The average Bonchev–Trinajstić information content (AvgIpc) is 2.66. The third kappa shape index (κ3) is 4.40. The van der Waals surface area contributed by atoms with Crippen molar-refractivity contribution in [2.45, 2.75) is 12.8 Å². The maximum Gasteiger partial charge on any atom is 0.257 e. The van der Waals surface area contributed by atoms with Gasteiger partial charge in [0.2, 0.25) is 0 Å². The van der Waals surface area contributed by atoms with Gasteiger partial charge < -0.3 is 10.1 Å². The summed E-state index contributed by atoms with van der Waals surface area (Å²) in [6.07, 6.45) is 0. The number of halogens is 1. The summed E-state index contributed by atoms with van der Waals surface area (Å²) in [5.74, 6) is 0.811. The summed E-state index contributed by atoms with van der Waals surface area (Å²) in [5.41, 5.74) is 1.21. The lowest BCUT2D eigenvalue weighted by atomic mass is 10.0. The summed E-state index contributed by atoms with van der Waals surface area (Å²) in [7, 11) is 0. The number of carbonyl (C=O) groups excluding carboxylic acids is 1. The molecule has 0 fully saturated rings. The minimum Gasteiger partial charge on any atom is -0.483 e. The number of rotatable bonds is 6. The third-order valence-corrected chi connectivity index (χ3v) is 4.98. The van der Waals surface area contributed by atoms with Gasteiger partial charge in [0.1, 0.15) is 5.75 Å². The molecule has 3 aromatic rings. The Morgan fingerprint density at radius 3 is 2.56 bits per heavy atom. The van der Waals surface area contributed by atoms with E-state index in [0.29, 0.717) is 12.3 Å². The second-order valence-corrected chi connectivity index (χ2v) is 6.80. The van der Waals surface area contributed by atoms with Gasteiger partial charge in [0.25, 0.3) is 5.91 Å². The first-order chi connectivity index (χ1) is 12.1. The zero-order chi connectivity index (χ0) is 17.6. The van der Waals surface area contributed by atoms with Crippen LogP contribution >= 0.6 is 15.9 Å². The number of nitrogens with one attached hydrogen (secondary N) is 1. The summed E-state index contributed by atoms with van der Waals surface area (Å²) in [4.78, 5) is 12.1. The van der Waals surface area contributed by atoms with Crippen LogP contribution in [0.5, 0.6) is 5.75 Å². The van der Waals surface area contributed by atoms with E-state index >= 15 is 0 Å². The number of benzene rings is 3. The minimum atomic E-state index is -0.122. The Kier molecular flexibility index (Phi) is 5.71. The molecule has 0 saturated heterocycles. The van der Waals surface area contributed by atoms with Crippen molar-refractivity contribution in [3.8, 4) is 5.75 Å². The van der Waals surface area contributed by atoms with E-state index in [1.54, 1.807) is 0 Å². The van der Waals surface area contributed by atoms with Crippen LogP contribution in [0.3, 0.4) is 0 Å². The number of carbonyl (C=O) groups is 1. The standard InChI is InChI=1S/C21H20BrNO2/c1-15(16-7-3-2-4-8-16)13-23-20(24)14-25-19-12-11-17-9-5-6-10-18(17)21(19)22/h2-12,15H,13-14H2,1H3,(H,23,24)/t15-/m0/s1. The summed E-state index contributed by atoms with van der Waals surface area (Å²) < 4.78 is 6.56. The van der Waals surface area contributed by atoms with Crippen LogP contribution in [0.2, 0.25) is 0 Å². The van der Waals surface area contributed by atoms with Crippen molar-refractivity contribution in [2.24, 2.45) is 0 Å². The molecule has 1 N–H and O–H groups in total. The third-order valence-electron chi connectivity index (χ3n) is 4.16. The Labute approximate surface area is 156 Å². The van der Waals surface area contributed by atoms with Crippen LogP contribution in [-0.2, 0) is 4.79 Å². The van der Waals surface area contributed by atoms with E-state index in [2.05, 4.69) is 40.3 Å². The molecule has 0 saturated carbocycles. The zero-order valence-electron chi connectivity index (χ0n) is 14.0. The van der Waals surface area contributed by atoms with E-state index in [4.69, 9.17) is 4.74 Å². The molecule has 3 nitrogen and oxygen atoms in total. The van der Waals surface area contributed by atoms with E-state index in [0.717, 1.165) is 15.2 Å². The lowest BCUT2D eigenvalue weighted by Crippen LogP contribution is -2.31. The molecule has 3 rings (SSSR count). The first kappa shape index (κ1) is 17.5. The summed E-state index contributed by atoms with van der Waals surface area (Å²) >= 11 is 3.57. The highest BCUT2D eigenvalue weighted by Gasteiger charge is 2.10. The fraction of sp³-hybridized carbons (Fsp3) is 0.190. The molecule has 1 atom stereocenters. The Hall–Kier alpha value is -2.33. The van der Waals surface area contributed by atoms with Gasteiger partial charge in [0.05, 0.1) is 4.47 Å². The number of hydrogen-bond donors (Lipinski definition) is 1. The molecule has 0 aliphatic rings. The fourth-order valence-electron chi connectivity index (χ4n) is 2.69. The van der Waals surface area contributed by atoms with Crippen molar-refractivity contribution < 1.29 is 9.53 Å². The van der Waals surface area contributed by atoms with Crippen LogP contribution in [0.15, 0.2) is 71.2 Å². The van der Waals surface area contributed by atoms with Gasteiger partial charge in [-0.1, -0.05) is 67.6 Å². The molecular weight excluding hydrogens is 378 g/mol. The average molecular weight is 398 g/mol. The zero-order valence-corrected chi connectivity index (χ0v) is 15.6. The van der Waals surface area contributed by atoms with E-state index in [1.807, 2.05) is 54.6 Å². The molecule has 1 amide bonds. The van der Waals surface area contributed by atoms with Crippen molar-refractivity contribution in [1.29, 1.82) is 0 Å². The quantitative estimate of drug-likeness (QED) is 0.642. The first-order valence-corrected chi connectivity index (χ1v) is 9.06. The first-order valence-electron chi connectivity index (χ1n) is 8.27. The largest absolute Gasteiger partial charge is 0.483 e. The molecule has 0 radical (unpaired) electrons. The maximum absolute atomic E-state index is 12.1. The predicted molar refractivity (Wildman–Crippen MR) is 105 cm³/mol. The van der Waals surface area contributed by atoms with E-state index in [1.165, 1.54) is 5.56 Å². The molecule has 0 aliphatic carbocycles. The lowest BCUT2D eigenvalue weighted by Gasteiger charge is -2.14. The van der Waals surface area contributed by atoms with Gasteiger partial charge in [-0.2, -0.15) is 0 Å². The lowest BCUT2D eigenvalue weighted by molar-refractivity contribution is -0.123. The van der Waals surface area contributed by atoms with Crippen molar-refractivity contribution in [3.63, 3.8) is 0 Å². The van der Waals surface area contributed by atoms with Crippen LogP contribution in [-0.4, -0.2) is 19.1 Å². The van der Waals surface area contributed by atoms with E-state index in [9.17, 15) is 4.79 Å². The van der Waals surface area contributed by atoms with Gasteiger partial charge in [-0.25, -0.2) is 0 Å². The van der Waals surface area contributed by atoms with Gasteiger partial charge in [0.15, 0.2) is 6.61 Å². The Bertz CT molecular complexity index is 864. The van der Waals surface area contributed by atoms with Crippen LogP contribution in [0, 0.1) is 0 Å². The van der Waals surface area contributed by atoms with Crippen molar-refractivity contribution >= 4 is 32.6 Å². The highest BCUT2D eigenvalue weighted by Crippen LogP contribution is 2.32. The topological polar surface area (TPSA) is 38.3 Å². The molecular formula is C21H20BrNO2. The minimum absolute atomic E-state index is 0.00154. The highest BCUT2D eigenvalue weighted by atomic mass is 79.9. The van der Waals surface area contributed by atoms with Crippen molar-refractivity contribution in [3.05, 3.63) is 76.8 Å². The smallest absolute Gasteiger partial charge is 0.257 e. The molecule has 3 aromatic carbocycles. The van der Waals surface area contributed by atoms with Gasteiger partial charge in [0, 0.05) is 6.54 Å². The van der Waals surface area contributed by atoms with Gasteiger partial charge in [-0.3, -0.25) is 4.79 Å². The van der Waals surface area contributed by atoms with Crippen LogP contribution in [0.4, 0.5) is 0 Å². The molecule has 0 bridgehead atoms. The second kappa shape index (κ2) is 8.17. The molecule has 25 heavy (non-hydrogen) atoms. The van der Waals surface area contributed by atoms with Gasteiger partial charge in [-0.15, -0.1) is 0 Å². The number of amides is 1. The van der Waals surface area contributed by atoms with Crippen molar-refractivity contribution in [1.82, 2.24) is 5.32 Å². The molecule has 128 valence electrons. The molecule has 0 unspecified atom stereocenters. The van der Waals surface area contributed by atoms with E-state index in [-0.39, 0.29) is 18.4 Å². The predicted octanol–water partition coefficient (Wildman–Crippen LogP) is 4.90. The Morgan fingerprint density at radius 2 is 1.76 bits per heavy atom. The van der Waals surface area contributed by atoms with Crippen LogP contribution in [0.1, 0.15) is 18.4 Å². The normalized spacial score (nSPS) is 11.9. The second-order valence-electron chi connectivity index (χ2n) is 6.00. The summed E-state index contributed by atoms with van der Waals surface area (Å²) in [6, 6.07) is 22.1. The molecule has 0 aromatic heterocycles. The molecule has 0 spiro atoms. The SMILES string of the molecule is C[C@@H](CNC(=O)COc1ccc2ccccc2c1Br)c1ccccc1. The monoisotopic (exact) mass is 397 g/mol. The van der Waals surface area contributed by atoms with Crippen LogP contribution in [0.25, 0.3) is 10.8 Å². The Balaban J connectivity index is 1.55. The Morgan fingerprint density at radius 1 is 1.04 bits per heavy atom. The van der Waals surface area contributed by atoms with Crippen molar-refractivity contribution in [2.75, 3.05) is 13.2 Å². The van der Waals surface area contributed by atoms with Crippen LogP contribution < -0.4 is 10.1 Å². The van der Waals surface area contributed by atoms with Gasteiger partial charge in [-0.05, 0) is 44.3 Å².